The fraction of sp³-hybridized carbons (Fsp3) is 0.500. The van der Waals surface area contributed by atoms with E-state index in [-0.39, 0.29) is 11.4 Å². The standard InChI is InChI=1S/C18H21BrO3/c1-11(20)5-4-6-13-16-12-9-10-18(2,3)22-14(12)7-8-15(16)21-17(13)19/h7-8H,4-6,9-10H2,1-3H3. The second-order valence-corrected chi connectivity index (χ2v) is 7.41. The molecule has 4 heteroatoms. The predicted molar refractivity (Wildman–Crippen MR) is 90.6 cm³/mol. The number of halogens is 1. The van der Waals surface area contributed by atoms with Crippen LogP contribution in [-0.2, 0) is 17.6 Å². The largest absolute Gasteiger partial charge is 0.488 e. The molecule has 0 aliphatic carbocycles. The van der Waals surface area contributed by atoms with E-state index in [2.05, 4.69) is 29.8 Å². The quantitative estimate of drug-likeness (QED) is 0.747. The third-order valence-corrected chi connectivity index (χ3v) is 4.93. The average Bonchev–Trinajstić information content (AvgIpc) is 2.74. The molecule has 0 spiro atoms. The molecule has 0 atom stereocenters. The second-order valence-electron chi connectivity index (χ2n) is 6.69. The molecule has 0 fully saturated rings. The van der Waals surface area contributed by atoms with Crippen LogP contribution >= 0.6 is 15.9 Å². The lowest BCUT2D eigenvalue weighted by atomic mass is 9.91. The van der Waals surface area contributed by atoms with Gasteiger partial charge in [-0.15, -0.1) is 0 Å². The Morgan fingerprint density at radius 2 is 2.14 bits per heavy atom. The molecule has 0 radical (unpaired) electrons. The molecule has 0 N–H and O–H groups in total. The molecule has 22 heavy (non-hydrogen) atoms. The maximum Gasteiger partial charge on any atom is 0.173 e. The lowest BCUT2D eigenvalue weighted by Crippen LogP contribution is -2.32. The van der Waals surface area contributed by atoms with Crippen LogP contribution in [0.15, 0.2) is 21.2 Å². The molecule has 0 amide bonds. The maximum absolute atomic E-state index is 11.2. The van der Waals surface area contributed by atoms with E-state index >= 15 is 0 Å². The highest BCUT2D eigenvalue weighted by Gasteiger charge is 2.29. The van der Waals surface area contributed by atoms with Crippen LogP contribution in [0.2, 0.25) is 0 Å². The van der Waals surface area contributed by atoms with Crippen molar-refractivity contribution in [1.82, 2.24) is 0 Å². The van der Waals surface area contributed by atoms with E-state index in [4.69, 9.17) is 9.15 Å². The van der Waals surface area contributed by atoms with E-state index in [1.54, 1.807) is 6.92 Å². The molecule has 0 saturated heterocycles. The molecular formula is C18H21BrO3. The maximum atomic E-state index is 11.2. The first-order chi connectivity index (χ1) is 10.4. The van der Waals surface area contributed by atoms with Crippen LogP contribution in [0.5, 0.6) is 5.75 Å². The first kappa shape index (κ1) is 15.6. The van der Waals surface area contributed by atoms with Crippen molar-refractivity contribution in [3.05, 3.63) is 27.9 Å². The van der Waals surface area contributed by atoms with Gasteiger partial charge in [-0.3, -0.25) is 0 Å². The Hall–Kier alpha value is -1.29. The van der Waals surface area contributed by atoms with Crippen LogP contribution in [0.1, 0.15) is 51.2 Å². The number of carbonyl (C=O) groups is 1. The minimum atomic E-state index is -0.115. The molecule has 0 saturated carbocycles. The van der Waals surface area contributed by atoms with E-state index in [0.29, 0.717) is 6.42 Å². The van der Waals surface area contributed by atoms with Gasteiger partial charge in [-0.25, -0.2) is 0 Å². The van der Waals surface area contributed by atoms with Gasteiger partial charge in [0.1, 0.15) is 22.7 Å². The van der Waals surface area contributed by atoms with Gasteiger partial charge in [-0.2, -0.15) is 0 Å². The van der Waals surface area contributed by atoms with Crippen LogP contribution in [0.25, 0.3) is 11.0 Å². The molecule has 1 aliphatic rings. The summed E-state index contributed by atoms with van der Waals surface area (Å²) in [7, 11) is 0. The zero-order valence-electron chi connectivity index (χ0n) is 13.3. The zero-order valence-corrected chi connectivity index (χ0v) is 14.9. The predicted octanol–water partition coefficient (Wildman–Crippen LogP) is 5.21. The van der Waals surface area contributed by atoms with Crippen molar-refractivity contribution in [1.29, 1.82) is 0 Å². The summed E-state index contributed by atoms with van der Waals surface area (Å²) in [6.45, 7) is 5.89. The summed E-state index contributed by atoms with van der Waals surface area (Å²) in [6.07, 6.45) is 4.28. The number of carbonyl (C=O) groups excluding carboxylic acids is 1. The Kier molecular flexibility index (Phi) is 4.06. The highest BCUT2D eigenvalue weighted by atomic mass is 79.9. The monoisotopic (exact) mass is 364 g/mol. The third-order valence-electron chi connectivity index (χ3n) is 4.29. The molecule has 118 valence electrons. The van der Waals surface area contributed by atoms with Gasteiger partial charge in [-0.1, -0.05) is 0 Å². The number of hydrogen-bond acceptors (Lipinski definition) is 3. The van der Waals surface area contributed by atoms with Crippen molar-refractivity contribution >= 4 is 32.7 Å². The Morgan fingerprint density at radius 1 is 1.36 bits per heavy atom. The molecule has 1 aromatic carbocycles. The van der Waals surface area contributed by atoms with Gasteiger partial charge >= 0.3 is 0 Å². The number of ether oxygens (including phenoxy) is 1. The van der Waals surface area contributed by atoms with Gasteiger partial charge < -0.3 is 13.9 Å². The summed E-state index contributed by atoms with van der Waals surface area (Å²) < 4.78 is 12.8. The van der Waals surface area contributed by atoms with E-state index < -0.39 is 0 Å². The molecule has 0 bridgehead atoms. The van der Waals surface area contributed by atoms with Gasteiger partial charge in [0, 0.05) is 22.9 Å². The van der Waals surface area contributed by atoms with Crippen molar-refractivity contribution in [2.24, 2.45) is 0 Å². The van der Waals surface area contributed by atoms with E-state index in [1.807, 2.05) is 12.1 Å². The van der Waals surface area contributed by atoms with Crippen LogP contribution in [-0.4, -0.2) is 11.4 Å². The van der Waals surface area contributed by atoms with Crippen molar-refractivity contribution in [2.45, 2.75) is 58.5 Å². The minimum absolute atomic E-state index is 0.115. The first-order valence-electron chi connectivity index (χ1n) is 7.78. The summed E-state index contributed by atoms with van der Waals surface area (Å²) in [6, 6.07) is 3.99. The highest BCUT2D eigenvalue weighted by molar-refractivity contribution is 9.10. The number of ketones is 1. The van der Waals surface area contributed by atoms with Gasteiger partial charge in [-0.05, 0) is 74.5 Å². The molecule has 3 nitrogen and oxygen atoms in total. The summed E-state index contributed by atoms with van der Waals surface area (Å²) in [4.78, 5) is 11.2. The zero-order chi connectivity index (χ0) is 15.9. The van der Waals surface area contributed by atoms with E-state index in [0.717, 1.165) is 47.2 Å². The SMILES string of the molecule is CC(=O)CCCc1c(Br)oc2ccc3c(c12)CCC(C)(C)O3. The summed E-state index contributed by atoms with van der Waals surface area (Å²) in [5, 5.41) is 1.17. The van der Waals surface area contributed by atoms with Crippen LogP contribution < -0.4 is 4.74 Å². The summed E-state index contributed by atoms with van der Waals surface area (Å²) in [5.41, 5.74) is 3.18. The molecule has 2 heterocycles. The number of benzene rings is 1. The first-order valence-corrected chi connectivity index (χ1v) is 8.58. The molecule has 1 aliphatic heterocycles. The summed E-state index contributed by atoms with van der Waals surface area (Å²) in [5.74, 6) is 1.20. The van der Waals surface area contributed by atoms with Crippen LogP contribution in [0.3, 0.4) is 0 Å². The van der Waals surface area contributed by atoms with Gasteiger partial charge in [0.15, 0.2) is 4.67 Å². The van der Waals surface area contributed by atoms with Crippen molar-refractivity contribution in [3.8, 4) is 5.75 Å². The normalized spacial score (nSPS) is 16.4. The lowest BCUT2D eigenvalue weighted by molar-refractivity contribution is -0.117. The number of fused-ring (bicyclic) bond motifs is 3. The number of hydrogen-bond donors (Lipinski definition) is 0. The fourth-order valence-electron chi connectivity index (χ4n) is 3.14. The Morgan fingerprint density at radius 3 is 2.86 bits per heavy atom. The van der Waals surface area contributed by atoms with Crippen molar-refractivity contribution in [2.75, 3.05) is 0 Å². The average molecular weight is 365 g/mol. The van der Waals surface area contributed by atoms with E-state index in [1.165, 1.54) is 10.9 Å². The molecule has 1 aromatic heterocycles. The van der Waals surface area contributed by atoms with Crippen LogP contribution in [0, 0.1) is 0 Å². The lowest BCUT2D eigenvalue weighted by Gasteiger charge is -2.32. The molecule has 2 aromatic rings. The van der Waals surface area contributed by atoms with Crippen molar-refractivity contribution < 1.29 is 13.9 Å². The Labute approximate surface area is 139 Å². The van der Waals surface area contributed by atoms with Crippen molar-refractivity contribution in [3.63, 3.8) is 0 Å². The number of aryl methyl sites for hydroxylation is 2. The Balaban J connectivity index is 2.01. The van der Waals surface area contributed by atoms with Crippen LogP contribution in [0.4, 0.5) is 0 Å². The molecule has 0 unspecified atom stereocenters. The number of rotatable bonds is 4. The van der Waals surface area contributed by atoms with Gasteiger partial charge in [0.2, 0.25) is 0 Å². The molecule has 3 rings (SSSR count). The highest BCUT2D eigenvalue weighted by Crippen LogP contribution is 2.42. The summed E-state index contributed by atoms with van der Waals surface area (Å²) >= 11 is 3.53. The topological polar surface area (TPSA) is 39.4 Å². The minimum Gasteiger partial charge on any atom is -0.488 e. The van der Waals surface area contributed by atoms with Gasteiger partial charge in [0.25, 0.3) is 0 Å². The Bertz CT molecular complexity index is 727. The number of Topliss-reactive ketones (excluding diaryl/α,β-unsaturated/α-hetero) is 1. The smallest absolute Gasteiger partial charge is 0.173 e. The number of furan rings is 1. The third kappa shape index (κ3) is 2.94. The van der Waals surface area contributed by atoms with E-state index in [9.17, 15) is 4.79 Å². The fourth-order valence-corrected chi connectivity index (χ4v) is 3.71. The molecular weight excluding hydrogens is 344 g/mol. The van der Waals surface area contributed by atoms with Gasteiger partial charge in [0.05, 0.1) is 0 Å². The second kappa shape index (κ2) is 5.73.